The second-order valence-corrected chi connectivity index (χ2v) is 6.86. The van der Waals surface area contributed by atoms with Gasteiger partial charge in [0.1, 0.15) is 5.82 Å². The van der Waals surface area contributed by atoms with Crippen molar-refractivity contribution in [3.63, 3.8) is 0 Å². The van der Waals surface area contributed by atoms with E-state index in [1.54, 1.807) is 0 Å². The molecule has 1 aromatic heterocycles. The number of rotatable bonds is 8. The zero-order valence-electron chi connectivity index (χ0n) is 13.0. The molecule has 0 bridgehead atoms. The average molecular weight is 297 g/mol. The van der Waals surface area contributed by atoms with Crippen molar-refractivity contribution in [2.24, 2.45) is 5.92 Å². The Hall–Kier alpha value is -0.940. The number of aromatic nitrogens is 3. The highest BCUT2D eigenvalue weighted by atomic mass is 32.1. The fraction of sp³-hybridized carbons (Fsp3) is 0.733. The highest BCUT2D eigenvalue weighted by Crippen LogP contribution is 2.30. The minimum Gasteiger partial charge on any atom is -0.390 e. The fourth-order valence-corrected chi connectivity index (χ4v) is 2.62. The Labute approximate surface area is 126 Å². The summed E-state index contributed by atoms with van der Waals surface area (Å²) in [6, 6.07) is 0. The quantitative estimate of drug-likeness (QED) is 0.567. The highest BCUT2D eigenvalue weighted by molar-refractivity contribution is 7.71. The molecule has 0 aliphatic carbocycles. The van der Waals surface area contributed by atoms with Gasteiger partial charge in [-0.15, -0.1) is 6.58 Å². The second-order valence-electron chi connectivity index (χ2n) is 6.47. The minimum absolute atomic E-state index is 0.199. The van der Waals surface area contributed by atoms with Gasteiger partial charge < -0.3 is 9.67 Å². The van der Waals surface area contributed by atoms with Crippen LogP contribution in [-0.2, 0) is 6.54 Å². The molecule has 0 fully saturated rings. The molecule has 0 aromatic carbocycles. The van der Waals surface area contributed by atoms with Crippen LogP contribution in [0.2, 0.25) is 0 Å². The van der Waals surface area contributed by atoms with Crippen molar-refractivity contribution in [2.75, 3.05) is 0 Å². The van der Waals surface area contributed by atoms with Gasteiger partial charge in [0.2, 0.25) is 0 Å². The first-order valence-corrected chi connectivity index (χ1v) is 7.63. The third-order valence-electron chi connectivity index (χ3n) is 3.30. The van der Waals surface area contributed by atoms with Crippen LogP contribution >= 0.6 is 12.2 Å². The third kappa shape index (κ3) is 5.21. The molecule has 5 heteroatoms. The van der Waals surface area contributed by atoms with Crippen LogP contribution in [0.5, 0.6) is 0 Å². The van der Waals surface area contributed by atoms with E-state index < -0.39 is 5.60 Å². The van der Waals surface area contributed by atoms with E-state index in [0.29, 0.717) is 23.7 Å². The molecular formula is C15H27N3OS. The van der Waals surface area contributed by atoms with Gasteiger partial charge >= 0.3 is 0 Å². The molecule has 1 aromatic rings. The van der Waals surface area contributed by atoms with Gasteiger partial charge in [-0.1, -0.05) is 26.3 Å². The summed E-state index contributed by atoms with van der Waals surface area (Å²) in [6.45, 7) is 12.5. The van der Waals surface area contributed by atoms with E-state index in [1.165, 1.54) is 0 Å². The Morgan fingerprint density at radius 2 is 2.10 bits per heavy atom. The SMILES string of the molecule is C=CCn1c([C@H](CCC(C)C)CC(C)(C)O)n[nH]c1=S. The molecule has 0 saturated carbocycles. The molecule has 0 radical (unpaired) electrons. The summed E-state index contributed by atoms with van der Waals surface area (Å²) in [5.41, 5.74) is -0.714. The topological polar surface area (TPSA) is 53.8 Å². The molecule has 114 valence electrons. The highest BCUT2D eigenvalue weighted by Gasteiger charge is 2.25. The van der Waals surface area contributed by atoms with E-state index in [-0.39, 0.29) is 5.92 Å². The van der Waals surface area contributed by atoms with Crippen molar-refractivity contribution in [1.29, 1.82) is 0 Å². The Balaban J connectivity index is 3.02. The molecule has 2 N–H and O–H groups in total. The van der Waals surface area contributed by atoms with Crippen LogP contribution in [0.1, 0.15) is 58.7 Å². The Kier molecular flexibility index (Phi) is 6.14. The van der Waals surface area contributed by atoms with Gasteiger partial charge in [0.05, 0.1) is 5.60 Å². The van der Waals surface area contributed by atoms with Crippen LogP contribution in [0.25, 0.3) is 0 Å². The van der Waals surface area contributed by atoms with Crippen LogP contribution in [0.3, 0.4) is 0 Å². The predicted molar refractivity (Wildman–Crippen MR) is 85.3 cm³/mol. The number of nitrogens with zero attached hydrogens (tertiary/aromatic N) is 2. The first kappa shape index (κ1) is 17.1. The monoisotopic (exact) mass is 297 g/mol. The van der Waals surface area contributed by atoms with E-state index in [2.05, 4.69) is 30.6 Å². The lowest BCUT2D eigenvalue weighted by Crippen LogP contribution is -2.24. The summed E-state index contributed by atoms with van der Waals surface area (Å²) in [6.07, 6.45) is 4.60. The zero-order chi connectivity index (χ0) is 15.3. The number of aromatic amines is 1. The number of aliphatic hydroxyl groups is 1. The van der Waals surface area contributed by atoms with E-state index in [1.807, 2.05) is 24.5 Å². The minimum atomic E-state index is -0.714. The lowest BCUT2D eigenvalue weighted by molar-refractivity contribution is 0.0599. The molecule has 0 saturated heterocycles. The van der Waals surface area contributed by atoms with Crippen molar-refractivity contribution in [3.8, 4) is 0 Å². The second kappa shape index (κ2) is 7.18. The summed E-state index contributed by atoms with van der Waals surface area (Å²) < 4.78 is 2.59. The first-order chi connectivity index (χ1) is 9.24. The van der Waals surface area contributed by atoms with Gasteiger partial charge in [0, 0.05) is 12.5 Å². The van der Waals surface area contributed by atoms with E-state index >= 15 is 0 Å². The van der Waals surface area contributed by atoms with Crippen LogP contribution in [0.4, 0.5) is 0 Å². The smallest absolute Gasteiger partial charge is 0.195 e. The summed E-state index contributed by atoms with van der Waals surface area (Å²) >= 11 is 5.27. The van der Waals surface area contributed by atoms with Crippen LogP contribution < -0.4 is 0 Å². The first-order valence-electron chi connectivity index (χ1n) is 7.23. The van der Waals surface area contributed by atoms with Gasteiger partial charge in [0.15, 0.2) is 4.77 Å². The largest absolute Gasteiger partial charge is 0.390 e. The van der Waals surface area contributed by atoms with Gasteiger partial charge in [-0.3, -0.25) is 5.10 Å². The molecule has 0 unspecified atom stereocenters. The van der Waals surface area contributed by atoms with Crippen molar-refractivity contribution in [2.45, 2.75) is 65.0 Å². The van der Waals surface area contributed by atoms with E-state index in [9.17, 15) is 5.11 Å². The fourth-order valence-electron chi connectivity index (χ4n) is 2.41. The van der Waals surface area contributed by atoms with Crippen LogP contribution in [0.15, 0.2) is 12.7 Å². The Morgan fingerprint density at radius 3 is 2.60 bits per heavy atom. The maximum absolute atomic E-state index is 10.1. The Morgan fingerprint density at radius 1 is 1.45 bits per heavy atom. The van der Waals surface area contributed by atoms with Gasteiger partial charge in [-0.05, 0) is 44.8 Å². The van der Waals surface area contributed by atoms with Crippen LogP contribution in [0, 0.1) is 10.7 Å². The molecule has 1 heterocycles. The maximum atomic E-state index is 10.1. The summed E-state index contributed by atoms with van der Waals surface area (Å²) in [5.74, 6) is 1.76. The molecule has 0 amide bonds. The van der Waals surface area contributed by atoms with Gasteiger partial charge in [-0.25, -0.2) is 0 Å². The third-order valence-corrected chi connectivity index (χ3v) is 3.61. The van der Waals surface area contributed by atoms with Crippen molar-refractivity contribution in [1.82, 2.24) is 14.8 Å². The number of nitrogens with one attached hydrogen (secondary N) is 1. The average Bonchev–Trinajstić information content (AvgIpc) is 2.66. The number of allylic oxidation sites excluding steroid dienone is 1. The van der Waals surface area contributed by atoms with E-state index in [4.69, 9.17) is 12.2 Å². The predicted octanol–water partition coefficient (Wildman–Crippen LogP) is 3.81. The van der Waals surface area contributed by atoms with Crippen molar-refractivity contribution >= 4 is 12.2 Å². The molecule has 4 nitrogen and oxygen atoms in total. The molecule has 20 heavy (non-hydrogen) atoms. The van der Waals surface area contributed by atoms with Crippen molar-refractivity contribution < 1.29 is 5.11 Å². The van der Waals surface area contributed by atoms with Crippen molar-refractivity contribution in [3.05, 3.63) is 23.3 Å². The molecule has 0 aliphatic heterocycles. The molecule has 1 atom stereocenters. The number of hydrogen-bond donors (Lipinski definition) is 2. The zero-order valence-corrected chi connectivity index (χ0v) is 13.8. The maximum Gasteiger partial charge on any atom is 0.195 e. The van der Waals surface area contributed by atoms with Gasteiger partial charge in [-0.2, -0.15) is 5.10 Å². The lowest BCUT2D eigenvalue weighted by Gasteiger charge is -2.25. The summed E-state index contributed by atoms with van der Waals surface area (Å²) in [5, 5.41) is 17.4. The summed E-state index contributed by atoms with van der Waals surface area (Å²) in [4.78, 5) is 0. The molecule has 0 spiro atoms. The van der Waals surface area contributed by atoms with Gasteiger partial charge in [0.25, 0.3) is 0 Å². The molecular weight excluding hydrogens is 270 g/mol. The number of hydrogen-bond acceptors (Lipinski definition) is 3. The summed E-state index contributed by atoms with van der Waals surface area (Å²) in [7, 11) is 0. The number of H-pyrrole nitrogens is 1. The lowest BCUT2D eigenvalue weighted by atomic mass is 9.87. The molecule has 1 rings (SSSR count). The van der Waals surface area contributed by atoms with E-state index in [0.717, 1.165) is 18.7 Å². The van der Waals surface area contributed by atoms with Crippen LogP contribution in [-0.4, -0.2) is 25.5 Å². The Bertz CT molecular complexity index is 482. The standard InChI is InChI=1S/C15H27N3OS/c1-6-9-18-13(16-17-14(18)20)12(8-7-11(2)3)10-15(4,5)19/h6,11-12,19H,1,7-10H2,2-5H3,(H,17,20)/t12-/m1/s1. The molecule has 0 aliphatic rings. The normalized spacial score (nSPS) is 13.7.